The Balaban J connectivity index is 0.00000625. The molecule has 1 amide bonds. The maximum Gasteiger partial charge on any atom is 0.243 e. The zero-order chi connectivity index (χ0) is 18.3. The summed E-state index contributed by atoms with van der Waals surface area (Å²) in [5.41, 5.74) is 0. The van der Waals surface area contributed by atoms with Crippen LogP contribution in [0.3, 0.4) is 0 Å². The second-order valence-electron chi connectivity index (χ2n) is 5.96. The van der Waals surface area contributed by atoms with E-state index in [-0.39, 0.29) is 36.4 Å². The molecule has 8 heteroatoms. The number of hydrogen-bond donors (Lipinski definition) is 2. The molecular formula is C18H33IN4O3. The number of ether oxygens (including phenoxy) is 1. The molecule has 0 aliphatic rings. The first-order valence-corrected chi connectivity index (χ1v) is 8.96. The third kappa shape index (κ3) is 12.1. The van der Waals surface area contributed by atoms with Gasteiger partial charge in [0.1, 0.15) is 12.3 Å². The minimum atomic E-state index is -0.0324. The zero-order valence-corrected chi connectivity index (χ0v) is 18.5. The number of halogens is 1. The van der Waals surface area contributed by atoms with E-state index in [1.54, 1.807) is 20.4 Å². The van der Waals surface area contributed by atoms with Crippen LogP contribution in [0.4, 0.5) is 0 Å². The van der Waals surface area contributed by atoms with Crippen molar-refractivity contribution in [1.82, 2.24) is 15.5 Å². The fourth-order valence-corrected chi connectivity index (χ4v) is 1.95. The molecule has 1 rings (SSSR count). The summed E-state index contributed by atoms with van der Waals surface area (Å²) in [5, 5.41) is 6.47. The van der Waals surface area contributed by atoms with Gasteiger partial charge in [-0.05, 0) is 25.0 Å². The highest BCUT2D eigenvalue weighted by molar-refractivity contribution is 14.0. The summed E-state index contributed by atoms with van der Waals surface area (Å²) in [5.74, 6) is 1.52. The van der Waals surface area contributed by atoms with Crippen molar-refractivity contribution in [2.24, 2.45) is 4.99 Å². The Hall–Kier alpha value is -1.29. The molecule has 0 bridgehead atoms. The molecule has 7 nitrogen and oxygen atoms in total. The predicted molar refractivity (Wildman–Crippen MR) is 115 cm³/mol. The predicted octanol–water partition coefficient (Wildman–Crippen LogP) is 2.27. The minimum absolute atomic E-state index is 0. The monoisotopic (exact) mass is 480 g/mol. The van der Waals surface area contributed by atoms with Gasteiger partial charge in [0.05, 0.1) is 6.26 Å². The highest BCUT2D eigenvalue weighted by atomic mass is 127. The van der Waals surface area contributed by atoms with Crippen LogP contribution in [0.2, 0.25) is 0 Å². The highest BCUT2D eigenvalue weighted by Gasteiger charge is 2.05. The van der Waals surface area contributed by atoms with Crippen LogP contribution in [0.25, 0.3) is 0 Å². The summed E-state index contributed by atoms with van der Waals surface area (Å²) >= 11 is 0. The standard InChI is InChI=1S/C18H32N4O3.HI/c1-4-5-12-24-13-7-10-19-18(21-15-17(23)22(2)3)20-11-9-16-8-6-14-25-16;/h6,8,14H,4-5,7,9-13,15H2,1-3H3,(H2,19,20,21);1H. The Morgan fingerprint density at radius 2 is 1.96 bits per heavy atom. The van der Waals surface area contributed by atoms with Crippen LogP contribution < -0.4 is 10.6 Å². The van der Waals surface area contributed by atoms with Crippen LogP contribution in [0, 0.1) is 0 Å². The number of nitrogens with zero attached hydrogens (tertiary/aromatic N) is 2. The summed E-state index contributed by atoms with van der Waals surface area (Å²) in [6.07, 6.45) is 5.56. The van der Waals surface area contributed by atoms with Gasteiger partial charge in [0.25, 0.3) is 0 Å². The van der Waals surface area contributed by atoms with Crippen molar-refractivity contribution in [1.29, 1.82) is 0 Å². The first-order chi connectivity index (χ1) is 12.1. The van der Waals surface area contributed by atoms with Crippen molar-refractivity contribution in [3.05, 3.63) is 24.2 Å². The first kappa shape index (κ1) is 24.7. The lowest BCUT2D eigenvalue weighted by Crippen LogP contribution is -2.40. The van der Waals surface area contributed by atoms with Crippen molar-refractivity contribution in [2.45, 2.75) is 32.6 Å². The lowest BCUT2D eigenvalue weighted by atomic mass is 10.3. The number of furan rings is 1. The van der Waals surface area contributed by atoms with Gasteiger partial charge < -0.3 is 24.7 Å². The molecule has 0 saturated carbocycles. The van der Waals surface area contributed by atoms with Gasteiger partial charge in [0, 0.05) is 46.8 Å². The molecule has 0 atom stereocenters. The lowest BCUT2D eigenvalue weighted by molar-refractivity contribution is -0.127. The van der Waals surface area contributed by atoms with Crippen LogP contribution in [0.15, 0.2) is 27.8 Å². The topological polar surface area (TPSA) is 79.1 Å². The molecule has 0 fully saturated rings. The first-order valence-electron chi connectivity index (χ1n) is 8.96. The molecule has 1 heterocycles. The smallest absolute Gasteiger partial charge is 0.243 e. The molecule has 2 N–H and O–H groups in total. The molecule has 0 aliphatic carbocycles. The third-order valence-electron chi connectivity index (χ3n) is 3.52. The number of amides is 1. The minimum Gasteiger partial charge on any atom is -0.469 e. The van der Waals surface area contributed by atoms with Gasteiger partial charge in [0.15, 0.2) is 5.96 Å². The largest absolute Gasteiger partial charge is 0.469 e. The van der Waals surface area contributed by atoms with Gasteiger partial charge >= 0.3 is 0 Å². The van der Waals surface area contributed by atoms with Gasteiger partial charge in [-0.2, -0.15) is 0 Å². The molecule has 1 aromatic rings. The number of unbranched alkanes of at least 4 members (excludes halogenated alkanes) is 1. The Bertz CT molecular complexity index is 493. The molecule has 0 aliphatic heterocycles. The maximum atomic E-state index is 11.7. The number of nitrogens with one attached hydrogen (secondary N) is 2. The number of aliphatic imine (C=N–C) groups is 1. The normalized spacial score (nSPS) is 11.0. The summed E-state index contributed by atoms with van der Waals surface area (Å²) in [6, 6.07) is 3.81. The Labute approximate surface area is 174 Å². The molecule has 0 spiro atoms. The van der Waals surface area contributed by atoms with E-state index in [0.29, 0.717) is 12.5 Å². The second kappa shape index (κ2) is 15.9. The van der Waals surface area contributed by atoms with Crippen molar-refractivity contribution < 1.29 is 13.9 Å². The van der Waals surface area contributed by atoms with Crippen molar-refractivity contribution in [3.8, 4) is 0 Å². The van der Waals surface area contributed by atoms with Crippen molar-refractivity contribution >= 4 is 35.8 Å². The fraction of sp³-hybridized carbons (Fsp3) is 0.667. The average Bonchev–Trinajstić information content (AvgIpc) is 3.11. The van der Waals surface area contributed by atoms with Gasteiger partial charge in [-0.15, -0.1) is 24.0 Å². The van der Waals surface area contributed by atoms with Crippen molar-refractivity contribution in [3.63, 3.8) is 0 Å². The molecular weight excluding hydrogens is 447 g/mol. The third-order valence-corrected chi connectivity index (χ3v) is 3.52. The number of rotatable bonds is 12. The van der Waals surface area contributed by atoms with E-state index >= 15 is 0 Å². The number of hydrogen-bond acceptors (Lipinski definition) is 4. The van der Waals surface area contributed by atoms with Gasteiger partial charge in [-0.3, -0.25) is 4.79 Å². The molecule has 0 saturated heterocycles. The zero-order valence-electron chi connectivity index (χ0n) is 16.1. The van der Waals surface area contributed by atoms with Crippen LogP contribution in [0.1, 0.15) is 31.9 Å². The van der Waals surface area contributed by atoms with E-state index in [0.717, 1.165) is 51.2 Å². The quantitative estimate of drug-likeness (QED) is 0.208. The molecule has 0 unspecified atom stereocenters. The number of guanidine groups is 1. The second-order valence-corrected chi connectivity index (χ2v) is 5.96. The summed E-state index contributed by atoms with van der Waals surface area (Å²) < 4.78 is 10.9. The van der Waals surface area contributed by atoms with E-state index in [1.807, 2.05) is 12.1 Å². The summed E-state index contributed by atoms with van der Waals surface area (Å²) in [4.78, 5) is 17.6. The lowest BCUT2D eigenvalue weighted by Gasteiger charge is -2.13. The van der Waals surface area contributed by atoms with E-state index < -0.39 is 0 Å². The Kier molecular flexibility index (Phi) is 15.1. The average molecular weight is 480 g/mol. The van der Waals surface area contributed by atoms with E-state index in [2.05, 4.69) is 22.5 Å². The van der Waals surface area contributed by atoms with E-state index in [9.17, 15) is 4.79 Å². The van der Waals surface area contributed by atoms with Gasteiger partial charge in [0.2, 0.25) is 5.91 Å². The van der Waals surface area contributed by atoms with Crippen LogP contribution in [-0.4, -0.2) is 63.7 Å². The summed E-state index contributed by atoms with van der Waals surface area (Å²) in [7, 11) is 3.45. The Morgan fingerprint density at radius 3 is 2.62 bits per heavy atom. The maximum absolute atomic E-state index is 11.7. The summed E-state index contributed by atoms with van der Waals surface area (Å²) in [6.45, 7) is 5.24. The van der Waals surface area contributed by atoms with E-state index in [1.165, 1.54) is 4.90 Å². The van der Waals surface area contributed by atoms with Gasteiger partial charge in [-0.1, -0.05) is 13.3 Å². The van der Waals surface area contributed by atoms with E-state index in [4.69, 9.17) is 9.15 Å². The van der Waals surface area contributed by atoms with Crippen LogP contribution in [0.5, 0.6) is 0 Å². The SMILES string of the molecule is CCCCOCCCNC(=NCC(=O)N(C)C)NCCc1ccco1.I. The highest BCUT2D eigenvalue weighted by Crippen LogP contribution is 1.99. The number of carbonyl (C=O) groups excluding carboxylic acids is 1. The fourth-order valence-electron chi connectivity index (χ4n) is 1.95. The molecule has 26 heavy (non-hydrogen) atoms. The van der Waals surface area contributed by atoms with Crippen LogP contribution in [-0.2, 0) is 16.0 Å². The molecule has 150 valence electrons. The molecule has 0 radical (unpaired) electrons. The Morgan fingerprint density at radius 1 is 1.23 bits per heavy atom. The van der Waals surface area contributed by atoms with Crippen LogP contribution >= 0.6 is 24.0 Å². The molecule has 1 aromatic heterocycles. The number of carbonyl (C=O) groups is 1. The number of likely N-dealkylation sites (N-methyl/N-ethyl adjacent to an activating group) is 1. The molecule has 0 aromatic carbocycles. The van der Waals surface area contributed by atoms with Gasteiger partial charge in [-0.25, -0.2) is 4.99 Å². The van der Waals surface area contributed by atoms with Crippen molar-refractivity contribution in [2.75, 3.05) is 46.9 Å².